The lowest BCUT2D eigenvalue weighted by Crippen LogP contribution is -2.27. The largest absolute Gasteiger partial charge is 0.312 e. The maximum Gasteiger partial charge on any atom is 0.0681 e. The van der Waals surface area contributed by atoms with Crippen molar-refractivity contribution in [2.75, 3.05) is 7.05 Å². The van der Waals surface area contributed by atoms with Gasteiger partial charge in [0.1, 0.15) is 0 Å². The summed E-state index contributed by atoms with van der Waals surface area (Å²) in [4.78, 5) is 0. The van der Waals surface area contributed by atoms with Crippen molar-refractivity contribution >= 4 is 10.8 Å². The van der Waals surface area contributed by atoms with Gasteiger partial charge >= 0.3 is 0 Å². The summed E-state index contributed by atoms with van der Waals surface area (Å²) >= 11 is 0. The Labute approximate surface area is 115 Å². The first-order chi connectivity index (χ1) is 9.19. The smallest absolute Gasteiger partial charge is 0.0681 e. The quantitative estimate of drug-likeness (QED) is 0.896. The summed E-state index contributed by atoms with van der Waals surface area (Å²) in [6.45, 7) is 4.20. The molecule has 0 heterocycles. The molecule has 19 heavy (non-hydrogen) atoms. The van der Waals surface area contributed by atoms with Crippen LogP contribution < -0.4 is 5.32 Å². The molecule has 0 aromatic heterocycles. The van der Waals surface area contributed by atoms with Crippen molar-refractivity contribution in [3.05, 3.63) is 48.0 Å². The molecule has 2 rings (SSSR count). The number of fused-ring (bicyclic) bond motifs is 1. The second-order valence-corrected chi connectivity index (χ2v) is 5.23. The van der Waals surface area contributed by atoms with E-state index >= 15 is 0 Å². The number of nitrogens with one attached hydrogen (secondary N) is 1. The minimum absolute atomic E-state index is 0.0317. The Morgan fingerprint density at radius 3 is 2.37 bits per heavy atom. The summed E-state index contributed by atoms with van der Waals surface area (Å²) < 4.78 is 0. The van der Waals surface area contributed by atoms with Crippen molar-refractivity contribution in [1.82, 2.24) is 5.32 Å². The SMILES string of the molecule is CNC(c1cccc2ccccc12)C(C#N)C(C)C. The number of nitrogens with zero attached hydrogens (tertiary/aromatic N) is 1. The lowest BCUT2D eigenvalue weighted by molar-refractivity contribution is 0.364. The molecule has 2 unspecified atom stereocenters. The van der Waals surface area contributed by atoms with Crippen molar-refractivity contribution in [2.45, 2.75) is 19.9 Å². The lowest BCUT2D eigenvalue weighted by Gasteiger charge is -2.26. The van der Waals surface area contributed by atoms with Crippen LogP contribution in [-0.4, -0.2) is 7.05 Å². The third-order valence-electron chi connectivity index (χ3n) is 3.70. The van der Waals surface area contributed by atoms with Crippen molar-refractivity contribution in [3.63, 3.8) is 0 Å². The van der Waals surface area contributed by atoms with E-state index in [1.807, 2.05) is 13.1 Å². The molecule has 0 aliphatic carbocycles. The fraction of sp³-hybridized carbons (Fsp3) is 0.353. The number of hydrogen-bond acceptors (Lipinski definition) is 2. The van der Waals surface area contributed by atoms with Crippen molar-refractivity contribution in [1.29, 1.82) is 5.26 Å². The first-order valence-electron chi connectivity index (χ1n) is 6.73. The molecule has 2 atom stereocenters. The van der Waals surface area contributed by atoms with Gasteiger partial charge in [-0.2, -0.15) is 5.26 Å². The first kappa shape index (κ1) is 13.6. The summed E-state index contributed by atoms with van der Waals surface area (Å²) in [5, 5.41) is 15.2. The van der Waals surface area contributed by atoms with Gasteiger partial charge in [0, 0.05) is 6.04 Å². The summed E-state index contributed by atoms with van der Waals surface area (Å²) in [5.41, 5.74) is 1.21. The highest BCUT2D eigenvalue weighted by Gasteiger charge is 2.25. The molecule has 0 bridgehead atoms. The van der Waals surface area contributed by atoms with Gasteiger partial charge in [0.25, 0.3) is 0 Å². The van der Waals surface area contributed by atoms with E-state index in [2.05, 4.69) is 61.6 Å². The van der Waals surface area contributed by atoms with Gasteiger partial charge in [-0.25, -0.2) is 0 Å². The zero-order valence-corrected chi connectivity index (χ0v) is 11.7. The molecular weight excluding hydrogens is 232 g/mol. The average Bonchev–Trinajstić information content (AvgIpc) is 2.43. The van der Waals surface area contributed by atoms with Crippen molar-refractivity contribution in [2.24, 2.45) is 11.8 Å². The monoisotopic (exact) mass is 252 g/mol. The molecule has 98 valence electrons. The molecule has 0 aliphatic heterocycles. The van der Waals surface area contributed by atoms with Crippen LogP contribution in [0.2, 0.25) is 0 Å². The molecule has 0 saturated carbocycles. The number of nitriles is 1. The highest BCUT2D eigenvalue weighted by Crippen LogP contribution is 2.32. The van der Waals surface area contributed by atoms with E-state index < -0.39 is 0 Å². The van der Waals surface area contributed by atoms with Crippen LogP contribution in [0.25, 0.3) is 10.8 Å². The molecule has 0 spiro atoms. The Morgan fingerprint density at radius 2 is 1.74 bits per heavy atom. The van der Waals surface area contributed by atoms with E-state index in [1.165, 1.54) is 16.3 Å². The second kappa shape index (κ2) is 5.86. The molecule has 2 aromatic rings. The van der Waals surface area contributed by atoms with Crippen LogP contribution in [0.5, 0.6) is 0 Å². The van der Waals surface area contributed by atoms with Crippen LogP contribution in [-0.2, 0) is 0 Å². The topological polar surface area (TPSA) is 35.8 Å². The molecule has 2 heteroatoms. The van der Waals surface area contributed by atoms with Crippen LogP contribution in [0.4, 0.5) is 0 Å². The van der Waals surface area contributed by atoms with Crippen LogP contribution in [0.1, 0.15) is 25.5 Å². The zero-order chi connectivity index (χ0) is 13.8. The van der Waals surface area contributed by atoms with Crippen LogP contribution in [0.15, 0.2) is 42.5 Å². The Bertz CT molecular complexity index is 590. The Balaban J connectivity index is 2.55. The van der Waals surface area contributed by atoms with Crippen molar-refractivity contribution < 1.29 is 0 Å². The fourth-order valence-corrected chi connectivity index (χ4v) is 2.66. The standard InChI is InChI=1S/C17H20N2/c1-12(2)16(11-18)17(19-3)15-10-6-8-13-7-4-5-9-14(13)15/h4-10,12,16-17,19H,1-3H3. The predicted octanol–water partition coefficient (Wildman–Crippen LogP) is 3.90. The maximum atomic E-state index is 9.44. The fourth-order valence-electron chi connectivity index (χ4n) is 2.66. The van der Waals surface area contributed by atoms with Crippen LogP contribution >= 0.6 is 0 Å². The summed E-state index contributed by atoms with van der Waals surface area (Å²) in [7, 11) is 1.93. The molecular formula is C17H20N2. The molecule has 0 aliphatic rings. The van der Waals surface area contributed by atoms with E-state index in [0.717, 1.165) is 0 Å². The normalized spacial score (nSPS) is 14.3. The van der Waals surface area contributed by atoms with Gasteiger partial charge in [0.05, 0.1) is 12.0 Å². The molecule has 0 fully saturated rings. The summed E-state index contributed by atoms with van der Waals surface area (Å²) in [6, 6.07) is 17.2. The summed E-state index contributed by atoms with van der Waals surface area (Å²) in [5.74, 6) is 0.289. The van der Waals surface area contributed by atoms with E-state index in [-0.39, 0.29) is 12.0 Å². The van der Waals surface area contributed by atoms with Gasteiger partial charge < -0.3 is 5.32 Å². The minimum Gasteiger partial charge on any atom is -0.312 e. The molecule has 2 aromatic carbocycles. The Hall–Kier alpha value is -1.85. The van der Waals surface area contributed by atoms with E-state index in [1.54, 1.807) is 0 Å². The lowest BCUT2D eigenvalue weighted by atomic mass is 9.84. The second-order valence-electron chi connectivity index (χ2n) is 5.23. The molecule has 1 N–H and O–H groups in total. The van der Waals surface area contributed by atoms with Gasteiger partial charge in [-0.15, -0.1) is 0 Å². The van der Waals surface area contributed by atoms with E-state index in [4.69, 9.17) is 0 Å². The molecule has 2 nitrogen and oxygen atoms in total. The number of rotatable bonds is 4. The number of benzene rings is 2. The zero-order valence-electron chi connectivity index (χ0n) is 11.7. The van der Waals surface area contributed by atoms with Crippen molar-refractivity contribution in [3.8, 4) is 6.07 Å². The Kier molecular flexibility index (Phi) is 4.19. The minimum atomic E-state index is -0.0317. The molecule has 0 radical (unpaired) electrons. The van der Waals surface area contributed by atoms with E-state index in [9.17, 15) is 5.26 Å². The maximum absolute atomic E-state index is 9.44. The van der Waals surface area contributed by atoms with Gasteiger partial charge in [0.2, 0.25) is 0 Å². The third kappa shape index (κ3) is 2.62. The highest BCUT2D eigenvalue weighted by molar-refractivity contribution is 5.86. The van der Waals surface area contributed by atoms with Crippen LogP contribution in [0, 0.1) is 23.2 Å². The molecule has 0 amide bonds. The molecule has 0 saturated heterocycles. The highest BCUT2D eigenvalue weighted by atomic mass is 14.9. The predicted molar refractivity (Wildman–Crippen MR) is 79.7 cm³/mol. The van der Waals surface area contributed by atoms with Gasteiger partial charge in [-0.3, -0.25) is 0 Å². The van der Waals surface area contributed by atoms with Crippen LogP contribution in [0.3, 0.4) is 0 Å². The van der Waals surface area contributed by atoms with Gasteiger partial charge in [-0.1, -0.05) is 56.3 Å². The Morgan fingerprint density at radius 1 is 1.05 bits per heavy atom. The van der Waals surface area contributed by atoms with Gasteiger partial charge in [-0.05, 0) is 29.3 Å². The number of hydrogen-bond donors (Lipinski definition) is 1. The van der Waals surface area contributed by atoms with E-state index in [0.29, 0.717) is 5.92 Å². The van der Waals surface area contributed by atoms with Gasteiger partial charge in [0.15, 0.2) is 0 Å². The first-order valence-corrected chi connectivity index (χ1v) is 6.73. The third-order valence-corrected chi connectivity index (χ3v) is 3.70. The summed E-state index contributed by atoms with van der Waals surface area (Å²) in [6.07, 6.45) is 0. The average molecular weight is 252 g/mol.